The third kappa shape index (κ3) is 5.43. The van der Waals surface area contributed by atoms with Gasteiger partial charge in [-0.1, -0.05) is 17.7 Å². The summed E-state index contributed by atoms with van der Waals surface area (Å²) in [6.45, 7) is 3.01. The molecule has 6 aliphatic carbocycles. The van der Waals surface area contributed by atoms with Crippen LogP contribution in [0.15, 0.2) is 23.8 Å². The lowest BCUT2D eigenvalue weighted by Gasteiger charge is -2.58. The Bertz CT molecular complexity index is 896. The van der Waals surface area contributed by atoms with Crippen molar-refractivity contribution in [1.82, 2.24) is 0 Å². The number of unbranched alkanes of at least 4 members (excludes halogenated alkanes) is 1. The van der Waals surface area contributed by atoms with Gasteiger partial charge in [0.15, 0.2) is 0 Å². The van der Waals surface area contributed by atoms with E-state index in [9.17, 15) is 14.4 Å². The highest BCUT2D eigenvalue weighted by molar-refractivity contribution is 5.67. The summed E-state index contributed by atoms with van der Waals surface area (Å²) in [5.74, 6) is 2.13. The standard InChI is InChI=1S/C30H42O6/c1-18(31)35-27-14-24-12-20(5-3-4-6-29(33)34)13-26(24)25(27)7-8-28(36-19(2)32)30-15-21-9-22(16-30)11-23(10-21)17-30/h5,7-8,21-28H,3-4,6,9-17H2,1-2H3,(H,33,34)/t21?,22?,23?,24-,25-,26-,27-,28?,30?/m1/s1. The first-order valence-corrected chi connectivity index (χ1v) is 14.1. The maximum absolute atomic E-state index is 12.2. The first kappa shape index (κ1) is 25.5. The van der Waals surface area contributed by atoms with E-state index in [4.69, 9.17) is 14.6 Å². The third-order valence-electron chi connectivity index (χ3n) is 9.92. The highest BCUT2D eigenvalue weighted by Gasteiger charge is 2.55. The van der Waals surface area contributed by atoms with Crippen LogP contribution < -0.4 is 0 Å². The molecule has 6 fully saturated rings. The zero-order chi connectivity index (χ0) is 25.4. The van der Waals surface area contributed by atoms with Crippen LogP contribution in [0.5, 0.6) is 0 Å². The second kappa shape index (κ2) is 10.3. The van der Waals surface area contributed by atoms with E-state index in [2.05, 4.69) is 18.2 Å². The number of allylic oxidation sites excluding steroid dienone is 2. The normalized spacial score (nSPS) is 40.5. The Labute approximate surface area is 214 Å². The van der Waals surface area contributed by atoms with Gasteiger partial charge in [0.1, 0.15) is 12.2 Å². The molecule has 0 heterocycles. The molecule has 0 aromatic carbocycles. The van der Waals surface area contributed by atoms with E-state index in [0.29, 0.717) is 18.3 Å². The van der Waals surface area contributed by atoms with Crippen LogP contribution in [0.1, 0.15) is 90.9 Å². The molecule has 0 spiro atoms. The van der Waals surface area contributed by atoms with Gasteiger partial charge in [0.25, 0.3) is 0 Å². The number of hydrogen-bond acceptors (Lipinski definition) is 5. The molecule has 1 N–H and O–H groups in total. The maximum atomic E-state index is 12.2. The van der Waals surface area contributed by atoms with Crippen LogP contribution in [-0.4, -0.2) is 35.2 Å². The van der Waals surface area contributed by atoms with Gasteiger partial charge in [0.05, 0.1) is 0 Å². The second-order valence-corrected chi connectivity index (χ2v) is 12.6. The molecule has 6 heteroatoms. The lowest BCUT2D eigenvalue weighted by molar-refractivity contribution is -0.163. The van der Waals surface area contributed by atoms with Crippen molar-refractivity contribution in [3.05, 3.63) is 23.8 Å². The van der Waals surface area contributed by atoms with E-state index in [1.807, 2.05) is 0 Å². The van der Waals surface area contributed by atoms with Crippen molar-refractivity contribution < 1.29 is 29.0 Å². The van der Waals surface area contributed by atoms with Gasteiger partial charge >= 0.3 is 17.9 Å². The van der Waals surface area contributed by atoms with Crippen molar-refractivity contribution in [1.29, 1.82) is 0 Å². The van der Waals surface area contributed by atoms with Gasteiger partial charge in [-0.15, -0.1) is 0 Å². The van der Waals surface area contributed by atoms with Gasteiger partial charge in [-0.25, -0.2) is 0 Å². The van der Waals surface area contributed by atoms with Gasteiger partial charge in [-0.3, -0.25) is 14.4 Å². The Balaban J connectivity index is 1.33. The molecule has 6 rings (SSSR count). The van der Waals surface area contributed by atoms with Crippen LogP contribution in [0, 0.1) is 40.9 Å². The summed E-state index contributed by atoms with van der Waals surface area (Å²) in [4.78, 5) is 34.9. The molecule has 6 saturated carbocycles. The largest absolute Gasteiger partial charge is 0.481 e. The molecule has 0 aromatic heterocycles. The molecule has 0 radical (unpaired) electrons. The molecule has 0 saturated heterocycles. The fourth-order valence-corrected chi connectivity index (χ4v) is 9.12. The Hall–Kier alpha value is -2.11. The zero-order valence-corrected chi connectivity index (χ0v) is 21.8. The summed E-state index contributed by atoms with van der Waals surface area (Å²) in [6.07, 6.45) is 18.3. The Morgan fingerprint density at radius 3 is 2.25 bits per heavy atom. The van der Waals surface area contributed by atoms with Gasteiger partial charge in [-0.05, 0) is 106 Å². The number of carboxylic acids is 1. The quantitative estimate of drug-likeness (QED) is 0.244. The van der Waals surface area contributed by atoms with E-state index in [-0.39, 0.29) is 41.9 Å². The Morgan fingerprint density at radius 1 is 1.00 bits per heavy atom. The number of carbonyl (C=O) groups is 3. The van der Waals surface area contributed by atoms with Crippen molar-refractivity contribution in [3.63, 3.8) is 0 Å². The molecule has 0 amide bonds. The average Bonchev–Trinajstić information content (AvgIpc) is 3.29. The monoisotopic (exact) mass is 498 g/mol. The van der Waals surface area contributed by atoms with Crippen molar-refractivity contribution >= 4 is 17.9 Å². The minimum atomic E-state index is -0.743. The number of fused-ring (bicyclic) bond motifs is 1. The summed E-state index contributed by atoms with van der Waals surface area (Å²) in [5.41, 5.74) is 1.48. The van der Waals surface area contributed by atoms with Crippen LogP contribution in [0.25, 0.3) is 0 Å². The number of aliphatic carboxylic acids is 1. The van der Waals surface area contributed by atoms with E-state index >= 15 is 0 Å². The van der Waals surface area contributed by atoms with Gasteiger partial charge < -0.3 is 14.6 Å². The van der Waals surface area contributed by atoms with Gasteiger partial charge in [0, 0.05) is 31.6 Å². The van der Waals surface area contributed by atoms with Crippen LogP contribution in [0.2, 0.25) is 0 Å². The molecule has 0 aliphatic heterocycles. The third-order valence-corrected chi connectivity index (χ3v) is 9.92. The number of rotatable bonds is 9. The lowest BCUT2D eigenvalue weighted by Crippen LogP contribution is -2.52. The van der Waals surface area contributed by atoms with E-state index in [1.165, 1.54) is 38.7 Å². The summed E-state index contributed by atoms with van der Waals surface area (Å²) < 4.78 is 11.8. The first-order chi connectivity index (χ1) is 17.2. The molecule has 1 unspecified atom stereocenters. The molecule has 5 atom stereocenters. The van der Waals surface area contributed by atoms with Crippen molar-refractivity contribution in [2.45, 2.75) is 103 Å². The summed E-state index contributed by atoms with van der Waals surface area (Å²) in [7, 11) is 0. The maximum Gasteiger partial charge on any atom is 0.303 e. The topological polar surface area (TPSA) is 89.9 Å². The van der Waals surface area contributed by atoms with Gasteiger partial charge in [-0.2, -0.15) is 0 Å². The highest BCUT2D eigenvalue weighted by atomic mass is 16.5. The smallest absolute Gasteiger partial charge is 0.303 e. The minimum absolute atomic E-state index is 0.0662. The molecule has 6 nitrogen and oxygen atoms in total. The fraction of sp³-hybridized carbons (Fsp3) is 0.767. The molecular weight excluding hydrogens is 456 g/mol. The zero-order valence-electron chi connectivity index (χ0n) is 21.8. The molecule has 198 valence electrons. The van der Waals surface area contributed by atoms with E-state index < -0.39 is 5.97 Å². The molecule has 6 aliphatic rings. The first-order valence-electron chi connectivity index (χ1n) is 14.1. The molecular formula is C30H42O6. The average molecular weight is 499 g/mol. The summed E-state index contributed by atoms with van der Waals surface area (Å²) in [5, 5.41) is 8.90. The van der Waals surface area contributed by atoms with Crippen LogP contribution in [0.3, 0.4) is 0 Å². The van der Waals surface area contributed by atoms with Gasteiger partial charge in [0.2, 0.25) is 0 Å². The predicted octanol–water partition coefficient (Wildman–Crippen LogP) is 5.85. The summed E-state index contributed by atoms with van der Waals surface area (Å²) in [6, 6.07) is 0. The number of carbonyl (C=O) groups excluding carboxylic acids is 2. The number of carboxylic acid groups (broad SMARTS) is 1. The number of hydrogen-bond donors (Lipinski definition) is 1. The number of ether oxygens (including phenoxy) is 2. The SMILES string of the molecule is CC(=O)OC(C=C[C@@H]1[C@@H]2CC(=CCCCC(=O)O)C[C@@H]2C[C@H]1OC(C)=O)C12CC3CC(CC(C3)C1)C2. The van der Waals surface area contributed by atoms with Crippen LogP contribution >= 0.6 is 0 Å². The van der Waals surface area contributed by atoms with Crippen LogP contribution in [-0.2, 0) is 23.9 Å². The molecule has 36 heavy (non-hydrogen) atoms. The number of esters is 2. The highest BCUT2D eigenvalue weighted by Crippen LogP contribution is 2.62. The molecule has 0 aromatic rings. The Kier molecular flexibility index (Phi) is 7.33. The van der Waals surface area contributed by atoms with Crippen LogP contribution in [0.4, 0.5) is 0 Å². The lowest BCUT2D eigenvalue weighted by atomic mass is 9.48. The fourth-order valence-electron chi connectivity index (χ4n) is 9.12. The Morgan fingerprint density at radius 2 is 1.67 bits per heavy atom. The second-order valence-electron chi connectivity index (χ2n) is 12.6. The van der Waals surface area contributed by atoms with Crippen molar-refractivity contribution in [2.75, 3.05) is 0 Å². The van der Waals surface area contributed by atoms with Crippen molar-refractivity contribution in [2.24, 2.45) is 40.9 Å². The minimum Gasteiger partial charge on any atom is -0.481 e. The van der Waals surface area contributed by atoms with E-state index in [0.717, 1.165) is 62.7 Å². The van der Waals surface area contributed by atoms with E-state index in [1.54, 1.807) is 0 Å². The van der Waals surface area contributed by atoms with Crippen molar-refractivity contribution in [3.8, 4) is 0 Å². The summed E-state index contributed by atoms with van der Waals surface area (Å²) >= 11 is 0. The molecule has 4 bridgehead atoms. The predicted molar refractivity (Wildman–Crippen MR) is 135 cm³/mol.